The highest BCUT2D eigenvalue weighted by atomic mass is 32.2. The third-order valence-electron chi connectivity index (χ3n) is 3.77. The molecule has 1 aliphatic heterocycles. The van der Waals surface area contributed by atoms with E-state index in [1.165, 1.54) is 11.8 Å². The minimum absolute atomic E-state index is 0.719. The molecule has 8 heteroatoms. The van der Waals surface area contributed by atoms with Gasteiger partial charge in [0, 0.05) is 35.3 Å². The van der Waals surface area contributed by atoms with Crippen molar-refractivity contribution >= 4 is 33.5 Å². The number of hydrogen-bond acceptors (Lipinski definition) is 6. The Bertz CT molecular complexity index is 1050. The van der Waals surface area contributed by atoms with E-state index in [1.54, 1.807) is 37.0 Å². The number of nitrogens with one attached hydrogen (secondary N) is 1. The van der Waals surface area contributed by atoms with Gasteiger partial charge in [-0.05, 0) is 30.4 Å². The molecule has 0 amide bonds. The van der Waals surface area contributed by atoms with E-state index in [2.05, 4.69) is 36.8 Å². The zero-order valence-corrected chi connectivity index (χ0v) is 14.8. The van der Waals surface area contributed by atoms with E-state index in [4.69, 9.17) is 0 Å². The SMILES string of the molecule is C=C1C=CC(c2cn[nH]c2)=NN1C(=NC)Sc1ccc2ncncc2c1. The van der Waals surface area contributed by atoms with Crippen LogP contribution in [-0.2, 0) is 0 Å². The fraction of sp³-hybridized carbons (Fsp3) is 0.0556. The second-order valence-corrected chi connectivity index (χ2v) is 6.50. The topological polar surface area (TPSA) is 82.4 Å². The van der Waals surface area contributed by atoms with Crippen molar-refractivity contribution in [2.24, 2.45) is 10.1 Å². The van der Waals surface area contributed by atoms with E-state index in [1.807, 2.05) is 30.4 Å². The number of aromatic amines is 1. The van der Waals surface area contributed by atoms with E-state index >= 15 is 0 Å². The number of H-pyrrole nitrogens is 1. The molecule has 0 unspecified atom stereocenters. The molecule has 1 aliphatic rings. The Labute approximate surface area is 154 Å². The monoisotopic (exact) mass is 361 g/mol. The van der Waals surface area contributed by atoms with Crippen LogP contribution in [0, 0.1) is 0 Å². The van der Waals surface area contributed by atoms with Gasteiger partial charge in [-0.15, -0.1) is 0 Å². The lowest BCUT2D eigenvalue weighted by Gasteiger charge is -2.24. The first kappa shape index (κ1) is 16.2. The number of fused-ring (bicyclic) bond motifs is 1. The van der Waals surface area contributed by atoms with Crippen LogP contribution < -0.4 is 0 Å². The Morgan fingerprint density at radius 1 is 1.27 bits per heavy atom. The summed E-state index contributed by atoms with van der Waals surface area (Å²) in [4.78, 5) is 13.8. The van der Waals surface area contributed by atoms with E-state index < -0.39 is 0 Å². The lowest BCUT2D eigenvalue weighted by molar-refractivity contribution is 0.577. The summed E-state index contributed by atoms with van der Waals surface area (Å²) >= 11 is 1.51. The van der Waals surface area contributed by atoms with Gasteiger partial charge in [-0.25, -0.2) is 15.0 Å². The lowest BCUT2D eigenvalue weighted by atomic mass is 10.2. The standard InChI is InChI=1S/C18H15N7S/c1-12-3-5-17(14-9-22-23-10-14)24-25(12)18(19-2)26-15-4-6-16-13(7-15)8-20-11-21-16/h3-11H,1H2,2H3,(H,22,23). The maximum atomic E-state index is 4.66. The van der Waals surface area contributed by atoms with Crippen LogP contribution in [0.25, 0.3) is 10.9 Å². The Balaban J connectivity index is 1.63. The number of aromatic nitrogens is 4. The molecule has 3 heterocycles. The van der Waals surface area contributed by atoms with Crippen LogP contribution in [-0.4, -0.2) is 43.1 Å². The minimum Gasteiger partial charge on any atom is -0.285 e. The molecule has 3 aromatic rings. The molecule has 1 aromatic carbocycles. The zero-order chi connectivity index (χ0) is 17.9. The Kier molecular flexibility index (Phi) is 4.32. The number of nitrogens with zero attached hydrogens (tertiary/aromatic N) is 6. The summed E-state index contributed by atoms with van der Waals surface area (Å²) in [6, 6.07) is 6.01. The van der Waals surface area contributed by atoms with E-state index in [0.29, 0.717) is 0 Å². The summed E-state index contributed by atoms with van der Waals surface area (Å²) in [5.74, 6) is 0. The van der Waals surface area contributed by atoms with Crippen molar-refractivity contribution in [3.8, 4) is 0 Å². The predicted octanol–water partition coefficient (Wildman–Crippen LogP) is 3.22. The number of hydrogen-bond donors (Lipinski definition) is 1. The highest BCUT2D eigenvalue weighted by molar-refractivity contribution is 8.13. The summed E-state index contributed by atoms with van der Waals surface area (Å²) in [6.07, 6.45) is 10.7. The average Bonchev–Trinajstić information content (AvgIpc) is 3.21. The van der Waals surface area contributed by atoms with Gasteiger partial charge < -0.3 is 0 Å². The van der Waals surface area contributed by atoms with Crippen LogP contribution in [0.15, 0.2) is 82.5 Å². The van der Waals surface area contributed by atoms with Gasteiger partial charge in [0.05, 0.1) is 23.1 Å². The van der Waals surface area contributed by atoms with E-state index in [-0.39, 0.29) is 0 Å². The van der Waals surface area contributed by atoms with Gasteiger partial charge in [0.15, 0.2) is 5.17 Å². The van der Waals surface area contributed by atoms with Crippen molar-refractivity contribution in [1.29, 1.82) is 0 Å². The summed E-state index contributed by atoms with van der Waals surface area (Å²) in [6.45, 7) is 4.07. The third kappa shape index (κ3) is 3.14. The van der Waals surface area contributed by atoms with Gasteiger partial charge in [-0.2, -0.15) is 10.2 Å². The Hall–Kier alpha value is -3.26. The van der Waals surface area contributed by atoms with E-state index in [9.17, 15) is 0 Å². The predicted molar refractivity (Wildman–Crippen MR) is 104 cm³/mol. The van der Waals surface area contributed by atoms with Crippen LogP contribution in [0.1, 0.15) is 5.56 Å². The first-order chi connectivity index (χ1) is 12.7. The van der Waals surface area contributed by atoms with Crippen molar-refractivity contribution < 1.29 is 0 Å². The van der Waals surface area contributed by atoms with E-state index in [0.717, 1.165) is 37.9 Å². The first-order valence-corrected chi connectivity index (χ1v) is 8.65. The van der Waals surface area contributed by atoms with Gasteiger partial charge >= 0.3 is 0 Å². The molecule has 128 valence electrons. The lowest BCUT2D eigenvalue weighted by Crippen LogP contribution is -2.25. The van der Waals surface area contributed by atoms with Gasteiger partial charge in [-0.1, -0.05) is 18.3 Å². The molecule has 1 N–H and O–H groups in total. The average molecular weight is 361 g/mol. The second-order valence-electron chi connectivity index (χ2n) is 5.46. The smallest absolute Gasteiger partial charge is 0.189 e. The second kappa shape index (κ2) is 6.93. The van der Waals surface area contributed by atoms with Crippen LogP contribution in [0.4, 0.5) is 0 Å². The number of hydrazone groups is 1. The minimum atomic E-state index is 0.719. The first-order valence-electron chi connectivity index (χ1n) is 7.84. The van der Waals surface area contributed by atoms with Crippen LogP contribution >= 0.6 is 11.8 Å². The molecule has 0 aliphatic carbocycles. The van der Waals surface area contributed by atoms with Crippen molar-refractivity contribution in [2.75, 3.05) is 7.05 Å². The molecule has 0 saturated carbocycles. The Morgan fingerprint density at radius 2 is 2.19 bits per heavy atom. The molecular weight excluding hydrogens is 346 g/mol. The Morgan fingerprint density at radius 3 is 3.00 bits per heavy atom. The van der Waals surface area contributed by atoms with Crippen LogP contribution in [0.5, 0.6) is 0 Å². The molecule has 0 radical (unpaired) electrons. The zero-order valence-electron chi connectivity index (χ0n) is 14.0. The number of allylic oxidation sites excluding steroid dienone is 2. The summed E-state index contributed by atoms with van der Waals surface area (Å²) < 4.78 is 0. The summed E-state index contributed by atoms with van der Waals surface area (Å²) in [5.41, 5.74) is 3.35. The summed E-state index contributed by atoms with van der Waals surface area (Å²) in [7, 11) is 1.74. The highest BCUT2D eigenvalue weighted by Crippen LogP contribution is 2.28. The van der Waals surface area contributed by atoms with Crippen LogP contribution in [0.2, 0.25) is 0 Å². The molecule has 0 spiro atoms. The van der Waals surface area contributed by atoms with Crippen molar-refractivity contribution in [3.05, 3.63) is 73.1 Å². The third-order valence-corrected chi connectivity index (χ3v) is 4.79. The van der Waals surface area contributed by atoms with Gasteiger partial charge in [0.1, 0.15) is 6.33 Å². The molecule has 2 aromatic heterocycles. The molecule has 0 bridgehead atoms. The molecule has 0 atom stereocenters. The number of benzene rings is 1. The molecule has 0 saturated heterocycles. The molecular formula is C18H15N7S. The maximum absolute atomic E-state index is 4.66. The molecule has 26 heavy (non-hydrogen) atoms. The maximum Gasteiger partial charge on any atom is 0.189 e. The van der Waals surface area contributed by atoms with Crippen molar-refractivity contribution in [3.63, 3.8) is 0 Å². The summed E-state index contributed by atoms with van der Waals surface area (Å²) in [5, 5.41) is 14.9. The largest absolute Gasteiger partial charge is 0.285 e. The van der Waals surface area contributed by atoms with Crippen molar-refractivity contribution in [1.82, 2.24) is 25.2 Å². The van der Waals surface area contributed by atoms with Gasteiger partial charge in [-0.3, -0.25) is 10.1 Å². The number of amidine groups is 1. The van der Waals surface area contributed by atoms with Gasteiger partial charge in [0.2, 0.25) is 0 Å². The fourth-order valence-electron chi connectivity index (χ4n) is 2.48. The molecule has 7 nitrogen and oxygen atoms in total. The fourth-order valence-corrected chi connectivity index (χ4v) is 3.35. The number of thioether (sulfide) groups is 1. The number of rotatable bonds is 2. The number of aliphatic imine (C=N–C) groups is 1. The normalized spacial score (nSPS) is 14.8. The quantitative estimate of drug-likeness (QED) is 0.430. The molecule has 0 fully saturated rings. The van der Waals surface area contributed by atoms with Crippen LogP contribution in [0.3, 0.4) is 0 Å². The molecule has 4 rings (SSSR count). The van der Waals surface area contributed by atoms with Gasteiger partial charge in [0.25, 0.3) is 0 Å². The highest BCUT2D eigenvalue weighted by Gasteiger charge is 2.19. The van der Waals surface area contributed by atoms with Crippen molar-refractivity contribution in [2.45, 2.75) is 4.90 Å².